The molecular weight excluding hydrogens is 248 g/mol. The Morgan fingerprint density at radius 2 is 2.30 bits per heavy atom. The molecule has 1 N–H and O–H groups in total. The lowest BCUT2D eigenvalue weighted by Crippen LogP contribution is -2.26. The van der Waals surface area contributed by atoms with Crippen molar-refractivity contribution in [3.05, 3.63) is 24.0 Å². The van der Waals surface area contributed by atoms with Gasteiger partial charge in [-0.1, -0.05) is 20.8 Å². The van der Waals surface area contributed by atoms with Gasteiger partial charge in [0.15, 0.2) is 0 Å². The highest BCUT2D eigenvalue weighted by atomic mass is 16.5. The van der Waals surface area contributed by atoms with Crippen molar-refractivity contribution in [2.45, 2.75) is 65.1 Å². The highest BCUT2D eigenvalue weighted by Crippen LogP contribution is 2.23. The zero-order valence-corrected chi connectivity index (χ0v) is 13.3. The molecule has 2 heterocycles. The average molecular weight is 278 g/mol. The first-order valence-electron chi connectivity index (χ1n) is 8.21. The number of aromatic nitrogens is 1. The lowest BCUT2D eigenvalue weighted by molar-refractivity contribution is 0.100. The number of ether oxygens (including phenoxy) is 1. The van der Waals surface area contributed by atoms with Crippen LogP contribution in [0, 0.1) is 5.92 Å². The Kier molecular flexibility index (Phi) is 6.11. The molecule has 1 aromatic rings. The maximum atomic E-state index is 5.69. The van der Waals surface area contributed by atoms with E-state index >= 15 is 0 Å². The van der Waals surface area contributed by atoms with Gasteiger partial charge in [0.2, 0.25) is 0 Å². The minimum atomic E-state index is 0.471. The molecule has 3 heteroatoms. The molecule has 2 rings (SSSR count). The zero-order chi connectivity index (χ0) is 14.4. The van der Waals surface area contributed by atoms with Crippen LogP contribution in [0.15, 0.2) is 18.5 Å². The van der Waals surface area contributed by atoms with E-state index in [0.717, 1.165) is 26.1 Å². The SMILES string of the molecule is CCCNC(c1ccn(CCC2CCCO2)c1)C(C)C. The summed E-state index contributed by atoms with van der Waals surface area (Å²) in [5, 5.41) is 3.66. The molecular formula is C17H30N2O. The van der Waals surface area contributed by atoms with Crippen molar-refractivity contribution in [3.63, 3.8) is 0 Å². The molecule has 1 fully saturated rings. The number of nitrogens with zero attached hydrogens (tertiary/aromatic N) is 1. The third-order valence-corrected chi connectivity index (χ3v) is 4.15. The van der Waals surface area contributed by atoms with Crippen LogP contribution in [0.5, 0.6) is 0 Å². The van der Waals surface area contributed by atoms with Crippen molar-refractivity contribution < 1.29 is 4.74 Å². The van der Waals surface area contributed by atoms with Crippen LogP contribution in [0.25, 0.3) is 0 Å². The van der Waals surface area contributed by atoms with E-state index in [-0.39, 0.29) is 0 Å². The highest BCUT2D eigenvalue weighted by Gasteiger charge is 2.17. The molecule has 0 amide bonds. The summed E-state index contributed by atoms with van der Waals surface area (Å²) >= 11 is 0. The molecule has 0 bridgehead atoms. The van der Waals surface area contributed by atoms with Gasteiger partial charge in [0.25, 0.3) is 0 Å². The molecule has 3 nitrogen and oxygen atoms in total. The van der Waals surface area contributed by atoms with Crippen LogP contribution in [0.4, 0.5) is 0 Å². The summed E-state index contributed by atoms with van der Waals surface area (Å²) in [6, 6.07) is 2.74. The minimum absolute atomic E-state index is 0.471. The normalized spacial score (nSPS) is 20.7. The molecule has 0 radical (unpaired) electrons. The van der Waals surface area contributed by atoms with Gasteiger partial charge in [-0.05, 0) is 49.8 Å². The van der Waals surface area contributed by atoms with E-state index in [4.69, 9.17) is 4.74 Å². The maximum absolute atomic E-state index is 5.69. The van der Waals surface area contributed by atoms with Gasteiger partial charge >= 0.3 is 0 Å². The van der Waals surface area contributed by atoms with Gasteiger partial charge in [-0.15, -0.1) is 0 Å². The summed E-state index contributed by atoms with van der Waals surface area (Å²) in [6.07, 6.45) is 9.81. The second kappa shape index (κ2) is 7.84. The largest absolute Gasteiger partial charge is 0.378 e. The van der Waals surface area contributed by atoms with Crippen LogP contribution in [-0.2, 0) is 11.3 Å². The fraction of sp³-hybridized carbons (Fsp3) is 0.765. The summed E-state index contributed by atoms with van der Waals surface area (Å²) < 4.78 is 8.01. The molecule has 1 saturated heterocycles. The Labute approximate surface area is 123 Å². The van der Waals surface area contributed by atoms with Crippen molar-refractivity contribution in [1.29, 1.82) is 0 Å². The fourth-order valence-electron chi connectivity index (χ4n) is 2.99. The quantitative estimate of drug-likeness (QED) is 0.783. The molecule has 0 aromatic carbocycles. The third-order valence-electron chi connectivity index (χ3n) is 4.15. The van der Waals surface area contributed by atoms with Crippen LogP contribution in [0.1, 0.15) is 58.1 Å². The van der Waals surface area contributed by atoms with E-state index in [1.807, 2.05) is 0 Å². The Bertz CT molecular complexity index is 380. The van der Waals surface area contributed by atoms with Gasteiger partial charge in [0, 0.05) is 31.6 Å². The first-order chi connectivity index (χ1) is 9.70. The van der Waals surface area contributed by atoms with E-state index in [9.17, 15) is 0 Å². The van der Waals surface area contributed by atoms with Gasteiger partial charge in [-0.2, -0.15) is 0 Å². The van der Waals surface area contributed by atoms with Gasteiger partial charge in [-0.3, -0.25) is 0 Å². The van der Waals surface area contributed by atoms with Crippen molar-refractivity contribution >= 4 is 0 Å². The van der Waals surface area contributed by atoms with Crippen LogP contribution in [0.3, 0.4) is 0 Å². The van der Waals surface area contributed by atoms with Crippen LogP contribution >= 0.6 is 0 Å². The Balaban J connectivity index is 1.88. The first kappa shape index (κ1) is 15.6. The van der Waals surface area contributed by atoms with Crippen LogP contribution < -0.4 is 5.32 Å². The Morgan fingerprint density at radius 3 is 2.95 bits per heavy atom. The topological polar surface area (TPSA) is 26.2 Å². The molecule has 0 aliphatic carbocycles. The summed E-state index contributed by atoms with van der Waals surface area (Å²) in [7, 11) is 0. The van der Waals surface area contributed by atoms with E-state index in [2.05, 4.69) is 49.1 Å². The zero-order valence-electron chi connectivity index (χ0n) is 13.3. The van der Waals surface area contributed by atoms with Gasteiger partial charge in [0.05, 0.1) is 6.10 Å². The molecule has 0 spiro atoms. The molecule has 20 heavy (non-hydrogen) atoms. The number of aryl methyl sites for hydroxylation is 1. The van der Waals surface area contributed by atoms with Gasteiger partial charge in [-0.25, -0.2) is 0 Å². The number of rotatable bonds is 8. The van der Waals surface area contributed by atoms with E-state index in [1.165, 1.54) is 24.8 Å². The van der Waals surface area contributed by atoms with Crippen molar-refractivity contribution in [3.8, 4) is 0 Å². The Morgan fingerprint density at radius 1 is 1.45 bits per heavy atom. The summed E-state index contributed by atoms with van der Waals surface area (Å²) in [5.74, 6) is 0.621. The monoisotopic (exact) mass is 278 g/mol. The number of hydrogen-bond acceptors (Lipinski definition) is 2. The predicted octanol–water partition coefficient (Wildman–Crippen LogP) is 3.75. The molecule has 114 valence electrons. The third kappa shape index (κ3) is 4.35. The standard InChI is InChI=1S/C17H30N2O/c1-4-9-18-17(14(2)3)15-7-10-19(13-15)11-8-16-6-5-12-20-16/h7,10,13-14,16-18H,4-6,8-9,11-12H2,1-3H3. The lowest BCUT2D eigenvalue weighted by Gasteiger charge is -2.21. The number of hydrogen-bond donors (Lipinski definition) is 1. The molecule has 2 atom stereocenters. The van der Waals surface area contributed by atoms with E-state index in [1.54, 1.807) is 0 Å². The molecule has 1 aromatic heterocycles. The number of nitrogens with one attached hydrogen (secondary N) is 1. The average Bonchev–Trinajstić information content (AvgIpc) is 3.08. The molecule has 1 aliphatic heterocycles. The van der Waals surface area contributed by atoms with Crippen molar-refractivity contribution in [1.82, 2.24) is 9.88 Å². The second-order valence-corrected chi connectivity index (χ2v) is 6.28. The van der Waals surface area contributed by atoms with Gasteiger partial charge < -0.3 is 14.6 Å². The van der Waals surface area contributed by atoms with E-state index < -0.39 is 0 Å². The van der Waals surface area contributed by atoms with Crippen LogP contribution in [0.2, 0.25) is 0 Å². The first-order valence-corrected chi connectivity index (χ1v) is 8.21. The smallest absolute Gasteiger partial charge is 0.0593 e. The predicted molar refractivity (Wildman–Crippen MR) is 83.9 cm³/mol. The molecule has 0 saturated carbocycles. The second-order valence-electron chi connectivity index (χ2n) is 6.28. The maximum Gasteiger partial charge on any atom is 0.0593 e. The summed E-state index contributed by atoms with van der Waals surface area (Å²) in [4.78, 5) is 0. The summed E-state index contributed by atoms with van der Waals surface area (Å²) in [6.45, 7) is 9.91. The van der Waals surface area contributed by atoms with Gasteiger partial charge in [0.1, 0.15) is 0 Å². The van der Waals surface area contributed by atoms with Crippen molar-refractivity contribution in [2.75, 3.05) is 13.2 Å². The molecule has 1 aliphatic rings. The molecule has 2 unspecified atom stereocenters. The van der Waals surface area contributed by atoms with Crippen molar-refractivity contribution in [2.24, 2.45) is 5.92 Å². The minimum Gasteiger partial charge on any atom is -0.378 e. The lowest BCUT2D eigenvalue weighted by atomic mass is 9.98. The van der Waals surface area contributed by atoms with Crippen LogP contribution in [-0.4, -0.2) is 23.8 Å². The Hall–Kier alpha value is -0.800. The van der Waals surface area contributed by atoms with E-state index in [0.29, 0.717) is 18.1 Å². The highest BCUT2D eigenvalue weighted by molar-refractivity contribution is 5.16. The fourth-order valence-corrected chi connectivity index (χ4v) is 2.99. The summed E-state index contributed by atoms with van der Waals surface area (Å²) in [5.41, 5.74) is 1.42.